The molecular formula is C16H13Cl2N3O3. The molecule has 0 saturated carbocycles. The molecule has 0 aliphatic carbocycles. The number of nitrogens with zero attached hydrogens (tertiary/aromatic N) is 1. The summed E-state index contributed by atoms with van der Waals surface area (Å²) in [5.74, 6) is -1.25. The van der Waals surface area contributed by atoms with Gasteiger partial charge in [-0.3, -0.25) is 9.59 Å². The first-order valence-electron chi connectivity index (χ1n) is 6.73. The monoisotopic (exact) mass is 365 g/mol. The van der Waals surface area contributed by atoms with Gasteiger partial charge in [0.05, 0.1) is 23.4 Å². The third-order valence-corrected chi connectivity index (χ3v) is 3.55. The summed E-state index contributed by atoms with van der Waals surface area (Å²) in [6.45, 7) is 0. The summed E-state index contributed by atoms with van der Waals surface area (Å²) in [4.78, 5) is 23.5. The normalized spacial score (nSPS) is 10.5. The predicted octanol–water partition coefficient (Wildman–Crippen LogP) is 3.09. The van der Waals surface area contributed by atoms with Crippen LogP contribution in [0.15, 0.2) is 47.6 Å². The molecule has 0 aliphatic heterocycles. The smallest absolute Gasteiger partial charge is 0.329 e. The summed E-state index contributed by atoms with van der Waals surface area (Å²) in [5, 5.41) is 6.86. The number of halogens is 2. The fourth-order valence-corrected chi connectivity index (χ4v) is 2.22. The second-order valence-electron chi connectivity index (χ2n) is 4.52. The highest BCUT2D eigenvalue weighted by molar-refractivity contribution is 6.40. The Bertz CT molecular complexity index is 774. The van der Waals surface area contributed by atoms with Crippen molar-refractivity contribution >= 4 is 46.9 Å². The van der Waals surface area contributed by atoms with Crippen LogP contribution in [0.5, 0.6) is 5.75 Å². The molecule has 124 valence electrons. The van der Waals surface area contributed by atoms with Crippen LogP contribution in [0.25, 0.3) is 0 Å². The average Bonchev–Trinajstić information content (AvgIpc) is 2.57. The van der Waals surface area contributed by atoms with Crippen molar-refractivity contribution in [1.82, 2.24) is 5.43 Å². The van der Waals surface area contributed by atoms with E-state index >= 15 is 0 Å². The van der Waals surface area contributed by atoms with Crippen LogP contribution in [0.1, 0.15) is 5.56 Å². The lowest BCUT2D eigenvalue weighted by molar-refractivity contribution is -0.136. The van der Waals surface area contributed by atoms with Gasteiger partial charge in [0.25, 0.3) is 0 Å². The number of amides is 2. The number of hydrazone groups is 1. The van der Waals surface area contributed by atoms with Crippen molar-refractivity contribution < 1.29 is 14.3 Å². The van der Waals surface area contributed by atoms with Gasteiger partial charge in [0.2, 0.25) is 0 Å². The Labute approximate surface area is 148 Å². The Hall–Kier alpha value is -2.57. The van der Waals surface area contributed by atoms with Gasteiger partial charge in [-0.1, -0.05) is 35.3 Å². The van der Waals surface area contributed by atoms with Gasteiger partial charge < -0.3 is 10.1 Å². The van der Waals surface area contributed by atoms with Gasteiger partial charge in [0, 0.05) is 17.3 Å². The number of ether oxygens (including phenoxy) is 1. The topological polar surface area (TPSA) is 79.8 Å². The van der Waals surface area contributed by atoms with Crippen molar-refractivity contribution in [3.05, 3.63) is 58.1 Å². The number of rotatable bonds is 4. The van der Waals surface area contributed by atoms with E-state index in [4.69, 9.17) is 27.9 Å². The molecule has 24 heavy (non-hydrogen) atoms. The van der Waals surface area contributed by atoms with E-state index in [9.17, 15) is 9.59 Å². The number of benzene rings is 2. The Morgan fingerprint density at radius 3 is 2.42 bits per heavy atom. The van der Waals surface area contributed by atoms with Crippen LogP contribution in [0, 0.1) is 0 Å². The van der Waals surface area contributed by atoms with Crippen LogP contribution in [0.3, 0.4) is 0 Å². The predicted molar refractivity (Wildman–Crippen MR) is 93.8 cm³/mol. The maximum Gasteiger partial charge on any atom is 0.329 e. The lowest BCUT2D eigenvalue weighted by atomic mass is 10.2. The molecule has 0 heterocycles. The molecule has 2 rings (SSSR count). The van der Waals surface area contributed by atoms with E-state index < -0.39 is 11.8 Å². The quantitative estimate of drug-likeness (QED) is 0.496. The summed E-state index contributed by atoms with van der Waals surface area (Å²) in [5.41, 5.74) is 2.97. The van der Waals surface area contributed by atoms with E-state index in [0.29, 0.717) is 27.0 Å². The van der Waals surface area contributed by atoms with E-state index in [-0.39, 0.29) is 0 Å². The fraction of sp³-hybridized carbons (Fsp3) is 0.0625. The molecular weight excluding hydrogens is 353 g/mol. The maximum absolute atomic E-state index is 11.8. The Balaban J connectivity index is 1.96. The molecule has 0 aliphatic rings. The summed E-state index contributed by atoms with van der Waals surface area (Å²) in [7, 11) is 1.50. The number of carbonyl (C=O) groups excluding carboxylic acids is 2. The molecule has 2 aromatic rings. The SMILES string of the molecule is COc1cccc(NC(=O)C(=O)NN=Cc2c(Cl)cccc2Cl)c1. The molecule has 0 fully saturated rings. The second kappa shape index (κ2) is 8.33. The van der Waals surface area contributed by atoms with Crippen molar-refractivity contribution in [3.8, 4) is 5.75 Å². The van der Waals surface area contributed by atoms with Crippen molar-refractivity contribution in [2.24, 2.45) is 5.10 Å². The van der Waals surface area contributed by atoms with E-state index in [1.807, 2.05) is 0 Å². The molecule has 0 atom stereocenters. The molecule has 0 aromatic heterocycles. The number of nitrogens with one attached hydrogen (secondary N) is 2. The average molecular weight is 366 g/mol. The third kappa shape index (κ3) is 4.71. The molecule has 2 N–H and O–H groups in total. The summed E-state index contributed by atoms with van der Waals surface area (Å²) >= 11 is 11.9. The molecule has 0 radical (unpaired) electrons. The van der Waals surface area contributed by atoms with Gasteiger partial charge in [-0.25, -0.2) is 5.43 Å². The van der Waals surface area contributed by atoms with Gasteiger partial charge in [-0.05, 0) is 24.3 Å². The first kappa shape index (κ1) is 17.8. The highest BCUT2D eigenvalue weighted by Crippen LogP contribution is 2.22. The largest absolute Gasteiger partial charge is 0.497 e. The zero-order valence-electron chi connectivity index (χ0n) is 12.5. The Morgan fingerprint density at radius 2 is 1.75 bits per heavy atom. The van der Waals surface area contributed by atoms with E-state index in [2.05, 4.69) is 15.8 Å². The number of methoxy groups -OCH3 is 1. The van der Waals surface area contributed by atoms with Gasteiger partial charge in [-0.15, -0.1) is 0 Å². The highest BCUT2D eigenvalue weighted by atomic mass is 35.5. The minimum atomic E-state index is -0.933. The maximum atomic E-state index is 11.8. The van der Waals surface area contributed by atoms with Gasteiger partial charge in [0.1, 0.15) is 5.75 Å². The Kier molecular flexibility index (Phi) is 6.17. The molecule has 0 unspecified atom stereocenters. The number of hydrogen-bond donors (Lipinski definition) is 2. The molecule has 0 spiro atoms. The third-order valence-electron chi connectivity index (χ3n) is 2.89. The van der Waals surface area contributed by atoms with Gasteiger partial charge in [0.15, 0.2) is 0 Å². The first-order valence-corrected chi connectivity index (χ1v) is 7.49. The molecule has 2 aromatic carbocycles. The van der Waals surface area contributed by atoms with Crippen LogP contribution in [0.4, 0.5) is 5.69 Å². The van der Waals surface area contributed by atoms with Crippen molar-refractivity contribution in [2.45, 2.75) is 0 Å². The van der Waals surface area contributed by atoms with Crippen LogP contribution in [-0.2, 0) is 9.59 Å². The summed E-state index contributed by atoms with van der Waals surface area (Å²) in [6.07, 6.45) is 1.27. The molecule has 6 nitrogen and oxygen atoms in total. The van der Waals surface area contributed by atoms with Crippen molar-refractivity contribution in [2.75, 3.05) is 12.4 Å². The van der Waals surface area contributed by atoms with Gasteiger partial charge >= 0.3 is 11.8 Å². The summed E-state index contributed by atoms with van der Waals surface area (Å²) in [6, 6.07) is 11.6. The number of carbonyl (C=O) groups is 2. The van der Waals surface area contributed by atoms with Gasteiger partial charge in [-0.2, -0.15) is 5.10 Å². The molecule has 8 heteroatoms. The van der Waals surface area contributed by atoms with Crippen LogP contribution < -0.4 is 15.5 Å². The first-order chi connectivity index (χ1) is 11.5. The van der Waals surface area contributed by atoms with E-state index in [0.717, 1.165) is 0 Å². The number of anilines is 1. The van der Waals surface area contributed by atoms with Crippen LogP contribution in [-0.4, -0.2) is 25.1 Å². The lowest BCUT2D eigenvalue weighted by Gasteiger charge is -2.06. The second-order valence-corrected chi connectivity index (χ2v) is 5.33. The van der Waals surface area contributed by atoms with Crippen molar-refractivity contribution in [1.29, 1.82) is 0 Å². The van der Waals surface area contributed by atoms with E-state index in [1.165, 1.54) is 13.3 Å². The highest BCUT2D eigenvalue weighted by Gasteiger charge is 2.13. The minimum absolute atomic E-state index is 0.376. The lowest BCUT2D eigenvalue weighted by Crippen LogP contribution is -2.32. The van der Waals surface area contributed by atoms with Crippen LogP contribution >= 0.6 is 23.2 Å². The standard InChI is InChI=1S/C16H13Cl2N3O3/c1-24-11-5-2-4-10(8-11)20-15(22)16(23)21-19-9-12-13(17)6-3-7-14(12)18/h2-9H,1H3,(H,20,22)(H,21,23). The fourth-order valence-electron chi connectivity index (χ4n) is 1.73. The zero-order valence-corrected chi connectivity index (χ0v) is 14.1. The Morgan fingerprint density at radius 1 is 1.08 bits per heavy atom. The van der Waals surface area contributed by atoms with E-state index in [1.54, 1.807) is 42.5 Å². The summed E-state index contributed by atoms with van der Waals surface area (Å²) < 4.78 is 5.03. The van der Waals surface area contributed by atoms with Crippen molar-refractivity contribution in [3.63, 3.8) is 0 Å². The molecule has 0 saturated heterocycles. The molecule has 0 bridgehead atoms. The van der Waals surface area contributed by atoms with Crippen LogP contribution in [0.2, 0.25) is 10.0 Å². The zero-order chi connectivity index (χ0) is 17.5. The number of hydrogen-bond acceptors (Lipinski definition) is 4. The molecule has 2 amide bonds. The minimum Gasteiger partial charge on any atom is -0.497 e.